The molecule has 2 aromatic heterocycles. The van der Waals surface area contributed by atoms with E-state index in [1.807, 2.05) is 79.4 Å². The number of carbonyl (C=O) groups excluding carboxylic acids is 1. The Labute approximate surface area is 148 Å². The topological polar surface area (TPSA) is 46.1 Å². The van der Waals surface area contributed by atoms with E-state index in [9.17, 15) is 4.79 Å². The van der Waals surface area contributed by atoms with Crippen molar-refractivity contribution in [2.45, 2.75) is 26.4 Å². The van der Waals surface area contributed by atoms with Crippen LogP contribution in [0.5, 0.6) is 0 Å². The third kappa shape index (κ3) is 4.10. The van der Waals surface area contributed by atoms with Gasteiger partial charge in [0.25, 0.3) is 5.91 Å². The molecule has 1 aromatic carbocycles. The van der Waals surface area contributed by atoms with Crippen LogP contribution in [-0.2, 0) is 6.54 Å². The molecule has 3 rings (SSSR count). The van der Waals surface area contributed by atoms with Crippen LogP contribution >= 0.6 is 0 Å². The van der Waals surface area contributed by atoms with Crippen molar-refractivity contribution in [3.63, 3.8) is 0 Å². The summed E-state index contributed by atoms with van der Waals surface area (Å²) in [4.78, 5) is 23.8. The van der Waals surface area contributed by atoms with Gasteiger partial charge in [-0.1, -0.05) is 42.5 Å². The molecular weight excluding hydrogens is 310 g/mol. The second-order valence-electron chi connectivity index (χ2n) is 6.01. The number of rotatable bonds is 5. The number of hydrogen-bond donors (Lipinski definition) is 0. The largest absolute Gasteiger partial charge is 0.325 e. The number of carbonyl (C=O) groups is 1. The van der Waals surface area contributed by atoms with Crippen LogP contribution in [0.25, 0.3) is 0 Å². The molecule has 0 saturated heterocycles. The summed E-state index contributed by atoms with van der Waals surface area (Å²) >= 11 is 0. The van der Waals surface area contributed by atoms with Gasteiger partial charge in [-0.3, -0.25) is 9.78 Å². The summed E-state index contributed by atoms with van der Waals surface area (Å²) in [6, 6.07) is 21.1. The van der Waals surface area contributed by atoms with Crippen LogP contribution in [0.1, 0.15) is 40.4 Å². The molecule has 0 aliphatic carbocycles. The van der Waals surface area contributed by atoms with E-state index in [-0.39, 0.29) is 11.9 Å². The quantitative estimate of drug-likeness (QED) is 0.704. The minimum absolute atomic E-state index is 0.0919. The Kier molecular flexibility index (Phi) is 5.19. The highest BCUT2D eigenvalue weighted by Crippen LogP contribution is 2.23. The number of benzene rings is 1. The molecule has 0 unspecified atom stereocenters. The van der Waals surface area contributed by atoms with Crippen LogP contribution in [0.2, 0.25) is 0 Å². The van der Waals surface area contributed by atoms with Crippen LogP contribution in [0.15, 0.2) is 72.9 Å². The van der Waals surface area contributed by atoms with E-state index in [4.69, 9.17) is 0 Å². The van der Waals surface area contributed by atoms with Gasteiger partial charge in [-0.15, -0.1) is 0 Å². The first-order valence-corrected chi connectivity index (χ1v) is 8.34. The molecule has 2 heterocycles. The molecule has 4 heteroatoms. The summed E-state index contributed by atoms with van der Waals surface area (Å²) in [5.74, 6) is -0.0919. The monoisotopic (exact) mass is 331 g/mol. The third-order valence-electron chi connectivity index (χ3n) is 4.15. The van der Waals surface area contributed by atoms with Crippen molar-refractivity contribution in [1.29, 1.82) is 0 Å². The molecule has 0 saturated carbocycles. The fourth-order valence-corrected chi connectivity index (χ4v) is 2.76. The molecular formula is C21H21N3O. The molecule has 126 valence electrons. The Balaban J connectivity index is 1.95. The fraction of sp³-hybridized carbons (Fsp3) is 0.190. The SMILES string of the molecule is Cc1cccc(C(=O)N(Cc2ccccc2)[C@@H](C)c2ccccn2)n1. The lowest BCUT2D eigenvalue weighted by Crippen LogP contribution is -2.34. The van der Waals surface area contributed by atoms with E-state index in [0.717, 1.165) is 17.0 Å². The number of pyridine rings is 2. The minimum atomic E-state index is -0.156. The Morgan fingerprint density at radius 1 is 1.00 bits per heavy atom. The second-order valence-corrected chi connectivity index (χ2v) is 6.01. The number of hydrogen-bond acceptors (Lipinski definition) is 3. The number of aromatic nitrogens is 2. The zero-order valence-corrected chi connectivity index (χ0v) is 14.5. The lowest BCUT2D eigenvalue weighted by molar-refractivity contribution is 0.0664. The summed E-state index contributed by atoms with van der Waals surface area (Å²) in [6.07, 6.45) is 1.75. The first-order chi connectivity index (χ1) is 12.1. The molecule has 4 nitrogen and oxygen atoms in total. The van der Waals surface area contributed by atoms with Gasteiger partial charge in [-0.25, -0.2) is 4.98 Å². The van der Waals surface area contributed by atoms with Crippen LogP contribution in [0.3, 0.4) is 0 Å². The smallest absolute Gasteiger partial charge is 0.273 e. The molecule has 1 amide bonds. The van der Waals surface area contributed by atoms with Gasteiger partial charge in [0.15, 0.2) is 0 Å². The Bertz CT molecular complexity index is 834. The maximum absolute atomic E-state index is 13.2. The summed E-state index contributed by atoms with van der Waals surface area (Å²) < 4.78 is 0. The second kappa shape index (κ2) is 7.71. The Hall–Kier alpha value is -3.01. The normalized spacial score (nSPS) is 11.8. The van der Waals surface area contributed by atoms with Crippen molar-refractivity contribution >= 4 is 5.91 Å². The molecule has 0 N–H and O–H groups in total. The minimum Gasteiger partial charge on any atom is -0.325 e. The van der Waals surface area contributed by atoms with Gasteiger partial charge in [0.05, 0.1) is 11.7 Å². The van der Waals surface area contributed by atoms with Crippen LogP contribution in [0.4, 0.5) is 0 Å². The number of aryl methyl sites for hydroxylation is 1. The molecule has 0 radical (unpaired) electrons. The van der Waals surface area contributed by atoms with Crippen molar-refractivity contribution in [2.75, 3.05) is 0 Å². The molecule has 1 atom stereocenters. The first-order valence-electron chi connectivity index (χ1n) is 8.34. The van der Waals surface area contributed by atoms with Crippen LogP contribution in [-0.4, -0.2) is 20.8 Å². The van der Waals surface area contributed by atoms with E-state index in [1.54, 1.807) is 12.3 Å². The lowest BCUT2D eigenvalue weighted by atomic mass is 10.1. The molecule has 0 aliphatic rings. The zero-order valence-electron chi connectivity index (χ0n) is 14.5. The van der Waals surface area contributed by atoms with Crippen molar-refractivity contribution in [3.05, 3.63) is 95.6 Å². The van der Waals surface area contributed by atoms with Crippen molar-refractivity contribution in [1.82, 2.24) is 14.9 Å². The van der Waals surface area contributed by atoms with E-state index >= 15 is 0 Å². The standard InChI is InChI=1S/C21H21N3O/c1-16-9-8-13-20(23-16)21(25)24(15-18-10-4-3-5-11-18)17(2)19-12-6-7-14-22-19/h3-14,17H,15H2,1-2H3/t17-/m0/s1. The highest BCUT2D eigenvalue weighted by atomic mass is 16.2. The van der Waals surface area contributed by atoms with Gasteiger partial charge in [-0.2, -0.15) is 0 Å². The average Bonchev–Trinajstić information content (AvgIpc) is 2.66. The van der Waals surface area contributed by atoms with E-state index in [2.05, 4.69) is 9.97 Å². The highest BCUT2D eigenvalue weighted by molar-refractivity contribution is 5.92. The van der Waals surface area contributed by atoms with Gasteiger partial charge in [0, 0.05) is 18.4 Å². The molecule has 0 aliphatic heterocycles. The maximum atomic E-state index is 13.2. The van der Waals surface area contributed by atoms with Crippen LogP contribution in [0, 0.1) is 6.92 Å². The van der Waals surface area contributed by atoms with Crippen LogP contribution < -0.4 is 0 Å². The fourth-order valence-electron chi connectivity index (χ4n) is 2.76. The number of amides is 1. The van der Waals surface area contributed by atoms with Gasteiger partial charge in [0.1, 0.15) is 5.69 Å². The average molecular weight is 331 g/mol. The predicted molar refractivity (Wildman–Crippen MR) is 97.9 cm³/mol. The number of nitrogens with zero attached hydrogens (tertiary/aromatic N) is 3. The predicted octanol–water partition coefficient (Wildman–Crippen LogP) is 4.19. The third-order valence-corrected chi connectivity index (χ3v) is 4.15. The van der Waals surface area contributed by atoms with E-state index in [1.165, 1.54) is 0 Å². The van der Waals surface area contributed by atoms with Gasteiger partial charge < -0.3 is 4.90 Å². The van der Waals surface area contributed by atoms with Gasteiger partial charge >= 0.3 is 0 Å². The molecule has 0 fully saturated rings. The van der Waals surface area contributed by atoms with Gasteiger partial charge in [0.2, 0.25) is 0 Å². The first kappa shape index (κ1) is 16.8. The summed E-state index contributed by atoms with van der Waals surface area (Å²) in [6.45, 7) is 4.40. The van der Waals surface area contributed by atoms with Crippen molar-refractivity contribution < 1.29 is 4.79 Å². The highest BCUT2D eigenvalue weighted by Gasteiger charge is 2.24. The summed E-state index contributed by atoms with van der Waals surface area (Å²) in [7, 11) is 0. The van der Waals surface area contributed by atoms with Gasteiger partial charge in [-0.05, 0) is 43.7 Å². The molecule has 3 aromatic rings. The van der Waals surface area contributed by atoms with Crippen molar-refractivity contribution in [3.8, 4) is 0 Å². The lowest BCUT2D eigenvalue weighted by Gasteiger charge is -2.29. The Morgan fingerprint density at radius 3 is 2.44 bits per heavy atom. The maximum Gasteiger partial charge on any atom is 0.273 e. The summed E-state index contributed by atoms with van der Waals surface area (Å²) in [5.41, 5.74) is 3.22. The van der Waals surface area contributed by atoms with E-state index in [0.29, 0.717) is 12.2 Å². The van der Waals surface area contributed by atoms with Crippen molar-refractivity contribution in [2.24, 2.45) is 0 Å². The summed E-state index contributed by atoms with van der Waals surface area (Å²) in [5, 5.41) is 0. The molecule has 0 bridgehead atoms. The Morgan fingerprint density at radius 2 is 1.76 bits per heavy atom. The molecule has 0 spiro atoms. The van der Waals surface area contributed by atoms with E-state index < -0.39 is 0 Å². The molecule has 25 heavy (non-hydrogen) atoms. The zero-order chi connectivity index (χ0) is 17.6.